The maximum Gasteiger partial charge on any atom is 0.306 e. The Balaban J connectivity index is 1.72. The zero-order valence-corrected chi connectivity index (χ0v) is 18.6. The summed E-state index contributed by atoms with van der Waals surface area (Å²) < 4.78 is 5.76. The van der Waals surface area contributed by atoms with Crippen molar-refractivity contribution in [1.82, 2.24) is 10.3 Å². The number of carbonyl (C=O) groups is 2. The van der Waals surface area contributed by atoms with Crippen molar-refractivity contribution in [2.45, 2.75) is 32.6 Å². The molecule has 1 aromatic carbocycles. The number of esters is 1. The number of nitrogens with one attached hydrogen (secondary N) is 2. The van der Waals surface area contributed by atoms with Crippen LogP contribution >= 0.6 is 27.5 Å². The van der Waals surface area contributed by atoms with Gasteiger partial charge in [0, 0.05) is 22.9 Å². The number of amides is 1. The fourth-order valence-electron chi connectivity index (χ4n) is 3.17. The molecule has 2 heterocycles. The molecule has 1 amide bonds. The van der Waals surface area contributed by atoms with E-state index in [0.717, 1.165) is 22.1 Å². The Hall–Kier alpha value is -2.12. The number of hydrogen-bond donors (Lipinski definition) is 2. The largest absolute Gasteiger partial charge is 0.466 e. The lowest BCUT2D eigenvalue weighted by Crippen LogP contribution is -2.34. The number of carbonyl (C=O) groups excluding carboxylic acids is 2. The summed E-state index contributed by atoms with van der Waals surface area (Å²) in [5.74, 6) is 0.497. The summed E-state index contributed by atoms with van der Waals surface area (Å²) >= 11 is 9.52. The van der Waals surface area contributed by atoms with Crippen LogP contribution in [0.1, 0.15) is 48.5 Å². The molecule has 1 aromatic heterocycles. The molecule has 1 fully saturated rings. The molecule has 6 nitrogen and oxygen atoms in total. The lowest BCUT2D eigenvalue weighted by atomic mass is 9.97. The first-order chi connectivity index (χ1) is 13.8. The summed E-state index contributed by atoms with van der Waals surface area (Å²) in [7, 11) is 0. The quantitative estimate of drug-likeness (QED) is 0.566. The number of halogens is 2. The number of ether oxygens (including phenoxy) is 1. The van der Waals surface area contributed by atoms with Crippen LogP contribution in [0.4, 0.5) is 11.5 Å². The molecule has 2 aromatic rings. The van der Waals surface area contributed by atoms with Crippen LogP contribution in [-0.4, -0.2) is 30.0 Å². The van der Waals surface area contributed by atoms with Gasteiger partial charge in [0.25, 0.3) is 5.91 Å². The topological polar surface area (TPSA) is 80.3 Å². The maximum atomic E-state index is 12.7. The van der Waals surface area contributed by atoms with Crippen molar-refractivity contribution in [1.29, 1.82) is 0 Å². The van der Waals surface area contributed by atoms with E-state index in [4.69, 9.17) is 16.3 Å². The van der Waals surface area contributed by atoms with Crippen molar-refractivity contribution >= 4 is 50.9 Å². The van der Waals surface area contributed by atoms with Crippen LogP contribution in [-0.2, 0) is 9.53 Å². The zero-order valence-electron chi connectivity index (χ0n) is 16.3. The molecule has 0 radical (unpaired) electrons. The zero-order chi connectivity index (χ0) is 21.0. The van der Waals surface area contributed by atoms with Crippen LogP contribution in [0.3, 0.4) is 0 Å². The van der Waals surface area contributed by atoms with Crippen LogP contribution in [0.2, 0.25) is 5.02 Å². The number of nitrogens with zero attached hydrogens (tertiary/aromatic N) is 1. The summed E-state index contributed by atoms with van der Waals surface area (Å²) in [5.41, 5.74) is 2.24. The predicted octanol–water partition coefficient (Wildman–Crippen LogP) is 5.05. The second-order valence-corrected chi connectivity index (χ2v) is 8.62. The number of anilines is 2. The van der Waals surface area contributed by atoms with Gasteiger partial charge in [-0.15, -0.1) is 0 Å². The van der Waals surface area contributed by atoms with Crippen LogP contribution in [0.25, 0.3) is 0 Å². The Bertz CT molecular complexity index is 920. The first-order valence-corrected chi connectivity index (χ1v) is 10.7. The summed E-state index contributed by atoms with van der Waals surface area (Å²) in [6, 6.07) is 7.44. The summed E-state index contributed by atoms with van der Waals surface area (Å²) in [4.78, 5) is 28.5. The molecule has 1 atom stereocenters. The van der Waals surface area contributed by atoms with Crippen molar-refractivity contribution in [3.63, 3.8) is 0 Å². The van der Waals surface area contributed by atoms with Gasteiger partial charge in [-0.25, -0.2) is 4.98 Å². The number of pyridine rings is 1. The van der Waals surface area contributed by atoms with E-state index in [1.165, 1.54) is 0 Å². The van der Waals surface area contributed by atoms with E-state index in [0.29, 0.717) is 36.0 Å². The minimum absolute atomic E-state index is 0.110. The Labute approximate surface area is 183 Å². The van der Waals surface area contributed by atoms with E-state index in [2.05, 4.69) is 31.5 Å². The van der Waals surface area contributed by atoms with Gasteiger partial charge in [-0.1, -0.05) is 25.4 Å². The molecule has 1 saturated heterocycles. The van der Waals surface area contributed by atoms with Crippen molar-refractivity contribution in [3.05, 3.63) is 51.1 Å². The van der Waals surface area contributed by atoms with Crippen LogP contribution in [0.5, 0.6) is 0 Å². The third-order valence-electron chi connectivity index (χ3n) is 4.79. The normalized spacial score (nSPS) is 16.4. The van der Waals surface area contributed by atoms with Crippen molar-refractivity contribution in [3.8, 4) is 0 Å². The first kappa shape index (κ1) is 21.6. The molecule has 1 aliphatic heterocycles. The molecular weight excluding hydrogens is 458 g/mol. The monoisotopic (exact) mass is 479 g/mol. The van der Waals surface area contributed by atoms with Gasteiger partial charge in [0.05, 0.1) is 23.6 Å². The van der Waals surface area contributed by atoms with Gasteiger partial charge in [-0.05, 0) is 64.0 Å². The maximum absolute atomic E-state index is 12.7. The van der Waals surface area contributed by atoms with Gasteiger partial charge in [0.15, 0.2) is 0 Å². The molecule has 0 bridgehead atoms. The standard InChI is InChI=1S/C21H23BrClN3O3/c1-12(2)15-9-19(26-14-3-4-17(22)18(23)8-14)24-11-16(15)21(28)25-10-13-5-6-29-20(27)7-13/h3-4,8-9,11-13H,5-7,10H2,1-2H3,(H,24,26)(H,25,28). The number of rotatable bonds is 6. The van der Waals surface area contributed by atoms with E-state index in [1.54, 1.807) is 12.3 Å². The molecule has 8 heteroatoms. The second-order valence-electron chi connectivity index (χ2n) is 7.35. The Morgan fingerprint density at radius 1 is 1.38 bits per heavy atom. The van der Waals surface area contributed by atoms with E-state index < -0.39 is 0 Å². The molecular formula is C21H23BrClN3O3. The van der Waals surface area contributed by atoms with Crippen LogP contribution in [0.15, 0.2) is 34.9 Å². The fraction of sp³-hybridized carbons (Fsp3) is 0.381. The van der Waals surface area contributed by atoms with Gasteiger partial charge in [-0.3, -0.25) is 9.59 Å². The first-order valence-electron chi connectivity index (χ1n) is 9.49. The lowest BCUT2D eigenvalue weighted by Gasteiger charge is -2.22. The van der Waals surface area contributed by atoms with Gasteiger partial charge in [-0.2, -0.15) is 0 Å². The number of cyclic esters (lactones) is 1. The number of aromatic nitrogens is 1. The third kappa shape index (κ3) is 5.70. The van der Waals surface area contributed by atoms with E-state index >= 15 is 0 Å². The third-order valence-corrected chi connectivity index (χ3v) is 6.02. The molecule has 0 saturated carbocycles. The molecule has 2 N–H and O–H groups in total. The lowest BCUT2D eigenvalue weighted by molar-refractivity contribution is -0.149. The molecule has 0 spiro atoms. The highest BCUT2D eigenvalue weighted by molar-refractivity contribution is 9.10. The van der Waals surface area contributed by atoms with Crippen molar-refractivity contribution in [2.24, 2.45) is 5.92 Å². The SMILES string of the molecule is CC(C)c1cc(Nc2ccc(Br)c(Cl)c2)ncc1C(=O)NCC1CCOC(=O)C1. The van der Waals surface area contributed by atoms with E-state index in [1.807, 2.05) is 32.0 Å². The average molecular weight is 481 g/mol. The van der Waals surface area contributed by atoms with Gasteiger partial charge in [0.1, 0.15) is 5.82 Å². The van der Waals surface area contributed by atoms with Gasteiger partial charge >= 0.3 is 5.97 Å². The van der Waals surface area contributed by atoms with E-state index in [-0.39, 0.29) is 23.7 Å². The van der Waals surface area contributed by atoms with Crippen LogP contribution in [0, 0.1) is 5.92 Å². The fourth-order valence-corrected chi connectivity index (χ4v) is 3.60. The number of benzene rings is 1. The van der Waals surface area contributed by atoms with Gasteiger partial charge < -0.3 is 15.4 Å². The second kappa shape index (κ2) is 9.59. The van der Waals surface area contributed by atoms with Crippen LogP contribution < -0.4 is 10.6 Å². The molecule has 29 heavy (non-hydrogen) atoms. The van der Waals surface area contributed by atoms with E-state index in [9.17, 15) is 9.59 Å². The molecule has 1 aliphatic rings. The Morgan fingerprint density at radius 2 is 2.17 bits per heavy atom. The molecule has 1 unspecified atom stereocenters. The minimum Gasteiger partial charge on any atom is -0.466 e. The Kier molecular flexibility index (Phi) is 7.14. The highest BCUT2D eigenvalue weighted by Gasteiger charge is 2.22. The van der Waals surface area contributed by atoms with Crippen molar-refractivity contribution in [2.75, 3.05) is 18.5 Å². The average Bonchev–Trinajstić information content (AvgIpc) is 2.69. The molecule has 3 rings (SSSR count). The van der Waals surface area contributed by atoms with Gasteiger partial charge in [0.2, 0.25) is 0 Å². The smallest absolute Gasteiger partial charge is 0.306 e. The summed E-state index contributed by atoms with van der Waals surface area (Å²) in [6.45, 7) is 4.93. The highest BCUT2D eigenvalue weighted by Crippen LogP contribution is 2.28. The predicted molar refractivity (Wildman–Crippen MR) is 117 cm³/mol. The number of hydrogen-bond acceptors (Lipinski definition) is 5. The minimum atomic E-state index is -0.205. The Morgan fingerprint density at radius 3 is 2.86 bits per heavy atom. The summed E-state index contributed by atoms with van der Waals surface area (Å²) in [5, 5.41) is 6.76. The molecule has 154 valence electrons. The molecule has 0 aliphatic carbocycles. The highest BCUT2D eigenvalue weighted by atomic mass is 79.9. The summed E-state index contributed by atoms with van der Waals surface area (Å²) in [6.07, 6.45) is 2.69. The van der Waals surface area contributed by atoms with Crippen molar-refractivity contribution < 1.29 is 14.3 Å².